The third-order valence-electron chi connectivity index (χ3n) is 1.95. The van der Waals surface area contributed by atoms with Crippen LogP contribution in [0.3, 0.4) is 0 Å². The van der Waals surface area contributed by atoms with Crippen molar-refractivity contribution >= 4 is 18.5 Å². The summed E-state index contributed by atoms with van der Waals surface area (Å²) < 4.78 is 4.97. The van der Waals surface area contributed by atoms with Crippen molar-refractivity contribution in [2.45, 2.75) is 0 Å². The van der Waals surface area contributed by atoms with Crippen molar-refractivity contribution in [3.63, 3.8) is 0 Å². The fraction of sp³-hybridized carbons (Fsp3) is 0. The molecule has 2 nitrogen and oxygen atoms in total. The molecule has 64 valence electrons. The second kappa shape index (κ2) is 3.50. The molecule has 0 atom stereocenters. The highest BCUT2D eigenvalue weighted by molar-refractivity contribution is 6.17. The molecule has 0 aliphatic heterocycles. The predicted molar refractivity (Wildman–Crippen MR) is 53.9 cm³/mol. The van der Waals surface area contributed by atoms with Gasteiger partial charge in [-0.3, -0.25) is 0 Å². The molecule has 0 fully saturated rings. The van der Waals surface area contributed by atoms with Crippen LogP contribution in [0.1, 0.15) is 0 Å². The summed E-state index contributed by atoms with van der Waals surface area (Å²) in [6.07, 6.45) is 0. The zero-order valence-electron chi connectivity index (χ0n) is 7.10. The van der Waals surface area contributed by atoms with Crippen molar-refractivity contribution in [1.29, 1.82) is 0 Å². The molecule has 0 saturated heterocycles. The largest absolute Gasteiger partial charge is 0.539 e. The molecule has 0 aliphatic rings. The van der Waals surface area contributed by atoms with Crippen LogP contribution >= 0.6 is 0 Å². The van der Waals surface area contributed by atoms with Crippen LogP contribution in [-0.2, 0) is 0 Å². The molecule has 0 aromatic heterocycles. The van der Waals surface area contributed by atoms with Gasteiger partial charge in [0.25, 0.3) is 0 Å². The van der Waals surface area contributed by atoms with Gasteiger partial charge in [0.15, 0.2) is 0 Å². The van der Waals surface area contributed by atoms with Gasteiger partial charge in [-0.1, -0.05) is 30.3 Å². The second-order valence-electron chi connectivity index (χ2n) is 2.78. The first-order valence-electron chi connectivity index (χ1n) is 4.12. The molecular formula is C10H9BO2. The minimum Gasteiger partial charge on any atom is -0.539 e. The van der Waals surface area contributed by atoms with Crippen LogP contribution in [0.25, 0.3) is 10.8 Å². The van der Waals surface area contributed by atoms with Crippen molar-refractivity contribution in [3.05, 3.63) is 42.5 Å². The van der Waals surface area contributed by atoms with Crippen LogP contribution < -0.4 is 4.65 Å². The van der Waals surface area contributed by atoms with Crippen molar-refractivity contribution in [3.8, 4) is 5.75 Å². The van der Waals surface area contributed by atoms with Crippen molar-refractivity contribution in [2.75, 3.05) is 0 Å². The van der Waals surface area contributed by atoms with Gasteiger partial charge >= 0.3 is 7.69 Å². The fourth-order valence-electron chi connectivity index (χ4n) is 1.33. The molecule has 0 radical (unpaired) electrons. The average Bonchev–Trinajstić information content (AvgIpc) is 2.18. The van der Waals surface area contributed by atoms with Gasteiger partial charge in [0, 0.05) is 0 Å². The van der Waals surface area contributed by atoms with Gasteiger partial charge in [0.05, 0.1) is 0 Å². The Labute approximate surface area is 77.1 Å². The van der Waals surface area contributed by atoms with Crippen LogP contribution in [0.5, 0.6) is 5.75 Å². The lowest BCUT2D eigenvalue weighted by molar-refractivity contribution is 0.454. The molecule has 0 unspecified atom stereocenters. The van der Waals surface area contributed by atoms with E-state index in [1.807, 2.05) is 42.5 Å². The molecule has 3 heteroatoms. The molecule has 2 rings (SSSR count). The van der Waals surface area contributed by atoms with Crippen LogP contribution in [0, 0.1) is 0 Å². The monoisotopic (exact) mass is 172 g/mol. The van der Waals surface area contributed by atoms with Crippen LogP contribution in [0.4, 0.5) is 0 Å². The molecule has 0 spiro atoms. The fourth-order valence-corrected chi connectivity index (χ4v) is 1.33. The summed E-state index contributed by atoms with van der Waals surface area (Å²) in [5.41, 5.74) is 0. The Kier molecular flexibility index (Phi) is 2.19. The summed E-state index contributed by atoms with van der Waals surface area (Å²) in [6.45, 7) is 0. The van der Waals surface area contributed by atoms with Gasteiger partial charge in [-0.05, 0) is 22.9 Å². The first-order chi connectivity index (χ1) is 6.40. The Bertz CT molecular complexity index is 414. The maximum Gasteiger partial charge on any atom is 0.504 e. The number of hydrogen-bond donors (Lipinski definition) is 1. The molecule has 2 aromatic carbocycles. The summed E-state index contributed by atoms with van der Waals surface area (Å²) >= 11 is 0. The van der Waals surface area contributed by atoms with E-state index >= 15 is 0 Å². The second-order valence-corrected chi connectivity index (χ2v) is 2.78. The van der Waals surface area contributed by atoms with Gasteiger partial charge in [-0.25, -0.2) is 0 Å². The van der Waals surface area contributed by atoms with E-state index in [4.69, 9.17) is 9.68 Å². The summed E-state index contributed by atoms with van der Waals surface area (Å²) in [5, 5.41) is 10.9. The molecule has 0 saturated carbocycles. The molecular weight excluding hydrogens is 163 g/mol. The molecule has 1 N–H and O–H groups in total. The predicted octanol–water partition coefficient (Wildman–Crippen LogP) is 1.48. The van der Waals surface area contributed by atoms with E-state index in [2.05, 4.69) is 0 Å². The van der Waals surface area contributed by atoms with E-state index < -0.39 is 0 Å². The molecule has 0 aliphatic carbocycles. The standard InChI is InChI=1S/C10H9BO2/c12-11-13-10-6-5-8-3-1-2-4-9(8)7-10/h1-7,11-12H. The lowest BCUT2D eigenvalue weighted by atomic mass is 10.1. The molecule has 2 aromatic rings. The maximum atomic E-state index is 8.57. The molecule has 0 bridgehead atoms. The first-order valence-corrected chi connectivity index (χ1v) is 4.12. The minimum atomic E-state index is -0.279. The summed E-state index contributed by atoms with van der Waals surface area (Å²) in [5.74, 6) is 0.696. The van der Waals surface area contributed by atoms with Gasteiger partial charge in [-0.2, -0.15) is 0 Å². The Morgan fingerprint density at radius 2 is 1.77 bits per heavy atom. The number of hydrogen-bond acceptors (Lipinski definition) is 2. The molecule has 0 amide bonds. The average molecular weight is 172 g/mol. The highest BCUT2D eigenvalue weighted by Crippen LogP contribution is 2.19. The van der Waals surface area contributed by atoms with Crippen LogP contribution in [0.15, 0.2) is 42.5 Å². The van der Waals surface area contributed by atoms with Gasteiger partial charge in [0.1, 0.15) is 5.75 Å². The van der Waals surface area contributed by atoms with Gasteiger partial charge in [-0.15, -0.1) is 0 Å². The van der Waals surface area contributed by atoms with E-state index in [0.29, 0.717) is 5.75 Å². The quantitative estimate of drug-likeness (QED) is 0.695. The third kappa shape index (κ3) is 1.65. The minimum absolute atomic E-state index is 0.279. The van der Waals surface area contributed by atoms with Crippen LogP contribution in [0.2, 0.25) is 0 Å². The van der Waals surface area contributed by atoms with Crippen LogP contribution in [-0.4, -0.2) is 12.7 Å². The third-order valence-corrected chi connectivity index (χ3v) is 1.95. The smallest absolute Gasteiger partial charge is 0.504 e. The lowest BCUT2D eigenvalue weighted by Gasteiger charge is -2.03. The summed E-state index contributed by atoms with van der Waals surface area (Å²) in [4.78, 5) is 0. The maximum absolute atomic E-state index is 8.57. The lowest BCUT2D eigenvalue weighted by Crippen LogP contribution is -1.99. The Morgan fingerprint density at radius 3 is 2.54 bits per heavy atom. The highest BCUT2D eigenvalue weighted by atomic mass is 16.5. The Morgan fingerprint density at radius 1 is 1.00 bits per heavy atom. The number of fused-ring (bicyclic) bond motifs is 1. The topological polar surface area (TPSA) is 29.5 Å². The van der Waals surface area contributed by atoms with E-state index in [0.717, 1.165) is 5.39 Å². The summed E-state index contributed by atoms with van der Waals surface area (Å²) in [7, 11) is -0.279. The van der Waals surface area contributed by atoms with E-state index in [9.17, 15) is 0 Å². The highest BCUT2D eigenvalue weighted by Gasteiger charge is 1.95. The zero-order chi connectivity index (χ0) is 9.10. The summed E-state index contributed by atoms with van der Waals surface area (Å²) in [6, 6.07) is 13.8. The number of rotatable bonds is 2. The first kappa shape index (κ1) is 8.14. The normalized spacial score (nSPS) is 9.92. The van der Waals surface area contributed by atoms with E-state index in [1.165, 1.54) is 5.39 Å². The number of benzene rings is 2. The molecule has 0 heterocycles. The zero-order valence-corrected chi connectivity index (χ0v) is 7.10. The van der Waals surface area contributed by atoms with Crippen molar-refractivity contribution < 1.29 is 9.68 Å². The Hall–Kier alpha value is -1.48. The van der Waals surface area contributed by atoms with Crippen molar-refractivity contribution in [2.24, 2.45) is 0 Å². The van der Waals surface area contributed by atoms with Crippen molar-refractivity contribution in [1.82, 2.24) is 0 Å². The van der Waals surface area contributed by atoms with Gasteiger partial charge in [0.2, 0.25) is 0 Å². The SMILES string of the molecule is OBOc1ccc2ccccc2c1. The van der Waals surface area contributed by atoms with Gasteiger partial charge < -0.3 is 9.68 Å². The molecule has 13 heavy (non-hydrogen) atoms. The van der Waals surface area contributed by atoms with E-state index in [1.54, 1.807) is 0 Å². The van der Waals surface area contributed by atoms with E-state index in [-0.39, 0.29) is 7.69 Å². The Balaban J connectivity index is 2.49.